The van der Waals surface area contributed by atoms with Crippen LogP contribution >= 0.6 is 0 Å². The smallest absolute Gasteiger partial charge is 0.237 e. The van der Waals surface area contributed by atoms with Gasteiger partial charge in [0.2, 0.25) is 5.91 Å². The highest BCUT2D eigenvalue weighted by atomic mass is 32.2. The predicted molar refractivity (Wildman–Crippen MR) is 91.8 cm³/mol. The molecule has 25 heavy (non-hydrogen) atoms. The van der Waals surface area contributed by atoms with Gasteiger partial charge in [0.25, 0.3) is 0 Å². The van der Waals surface area contributed by atoms with Crippen molar-refractivity contribution in [2.24, 2.45) is 0 Å². The molecule has 2 unspecified atom stereocenters. The van der Waals surface area contributed by atoms with E-state index in [1.807, 2.05) is 6.92 Å². The summed E-state index contributed by atoms with van der Waals surface area (Å²) in [5.41, 5.74) is 0.570. The van der Waals surface area contributed by atoms with Crippen molar-refractivity contribution in [1.29, 1.82) is 0 Å². The molecule has 0 N–H and O–H groups in total. The molecule has 0 saturated carbocycles. The Morgan fingerprint density at radius 2 is 2.00 bits per heavy atom. The van der Waals surface area contributed by atoms with Crippen molar-refractivity contribution < 1.29 is 22.0 Å². The van der Waals surface area contributed by atoms with Gasteiger partial charge in [0.05, 0.1) is 18.1 Å². The van der Waals surface area contributed by atoms with Gasteiger partial charge in [0.15, 0.2) is 21.5 Å². The summed E-state index contributed by atoms with van der Waals surface area (Å²) in [6.07, 6.45) is 0.463. The van der Waals surface area contributed by atoms with Gasteiger partial charge in [-0.2, -0.15) is 0 Å². The van der Waals surface area contributed by atoms with Gasteiger partial charge < -0.3 is 4.90 Å². The quantitative estimate of drug-likeness (QED) is 0.764. The molecule has 1 aliphatic rings. The van der Waals surface area contributed by atoms with E-state index >= 15 is 0 Å². The zero-order valence-electron chi connectivity index (χ0n) is 14.7. The van der Waals surface area contributed by atoms with Crippen LogP contribution in [0, 0.1) is 11.6 Å². The Morgan fingerprint density at radius 1 is 1.32 bits per heavy atom. The number of likely N-dealkylation sites (N-methyl/N-ethyl adjacent to an activating group) is 2. The van der Waals surface area contributed by atoms with Gasteiger partial charge in [-0.05, 0) is 45.0 Å². The second-order valence-corrected chi connectivity index (χ2v) is 8.73. The predicted octanol–water partition coefficient (Wildman–Crippen LogP) is 1.99. The maximum Gasteiger partial charge on any atom is 0.237 e. The summed E-state index contributed by atoms with van der Waals surface area (Å²) in [5, 5.41) is 0. The summed E-state index contributed by atoms with van der Waals surface area (Å²) >= 11 is 0. The van der Waals surface area contributed by atoms with E-state index in [9.17, 15) is 22.0 Å². The molecule has 1 fully saturated rings. The molecule has 2 atom stereocenters. The van der Waals surface area contributed by atoms with E-state index in [1.54, 1.807) is 23.8 Å². The summed E-state index contributed by atoms with van der Waals surface area (Å²) in [7, 11) is -1.34. The molecule has 0 aromatic heterocycles. The lowest BCUT2D eigenvalue weighted by Gasteiger charge is -2.31. The van der Waals surface area contributed by atoms with Crippen molar-refractivity contribution in [1.82, 2.24) is 9.80 Å². The summed E-state index contributed by atoms with van der Waals surface area (Å²) in [4.78, 5) is 15.9. The van der Waals surface area contributed by atoms with Gasteiger partial charge in [0.1, 0.15) is 0 Å². The van der Waals surface area contributed by atoms with Crippen LogP contribution in [0.2, 0.25) is 0 Å². The molecule has 1 aromatic rings. The van der Waals surface area contributed by atoms with E-state index in [0.717, 1.165) is 12.1 Å². The van der Waals surface area contributed by atoms with Crippen LogP contribution < -0.4 is 0 Å². The van der Waals surface area contributed by atoms with Gasteiger partial charge in [-0.1, -0.05) is 6.07 Å². The fourth-order valence-electron chi connectivity index (χ4n) is 3.13. The van der Waals surface area contributed by atoms with Gasteiger partial charge in [-0.25, -0.2) is 17.2 Å². The number of rotatable bonds is 6. The zero-order valence-corrected chi connectivity index (χ0v) is 15.5. The van der Waals surface area contributed by atoms with Gasteiger partial charge >= 0.3 is 0 Å². The van der Waals surface area contributed by atoms with Gasteiger partial charge in [0, 0.05) is 18.6 Å². The standard InChI is InChI=1S/C17H24F2N2O3S/c1-4-21(14-7-8-25(23,24)11-14)17(22)10-20(3)12(2)13-5-6-15(18)16(19)9-13/h5-6,9,12,14H,4,7-8,10-11H2,1-3H3. The molecule has 140 valence electrons. The largest absolute Gasteiger partial charge is 0.338 e. The van der Waals surface area contributed by atoms with Crippen molar-refractivity contribution in [3.63, 3.8) is 0 Å². The van der Waals surface area contributed by atoms with Crippen molar-refractivity contribution >= 4 is 15.7 Å². The van der Waals surface area contributed by atoms with E-state index in [2.05, 4.69) is 0 Å². The molecule has 1 saturated heterocycles. The number of amides is 1. The summed E-state index contributed by atoms with van der Waals surface area (Å²) in [5.74, 6) is -1.87. The molecule has 2 rings (SSSR count). The number of hydrogen-bond donors (Lipinski definition) is 0. The number of carbonyl (C=O) groups excluding carboxylic acids is 1. The number of hydrogen-bond acceptors (Lipinski definition) is 4. The Labute approximate surface area is 147 Å². The normalized spacial score (nSPS) is 20.6. The molecule has 1 heterocycles. The molecular formula is C17H24F2N2O3S. The Balaban J connectivity index is 2.03. The Hall–Kier alpha value is -1.54. The van der Waals surface area contributed by atoms with E-state index in [4.69, 9.17) is 0 Å². The molecule has 1 aliphatic heterocycles. The number of sulfone groups is 1. The first-order chi connectivity index (χ1) is 11.6. The van der Waals surface area contributed by atoms with Crippen LogP contribution in [-0.4, -0.2) is 61.8 Å². The van der Waals surface area contributed by atoms with Gasteiger partial charge in [-0.15, -0.1) is 0 Å². The monoisotopic (exact) mass is 374 g/mol. The van der Waals surface area contributed by atoms with Crippen LogP contribution in [0.4, 0.5) is 8.78 Å². The van der Waals surface area contributed by atoms with Crippen LogP contribution in [0.25, 0.3) is 0 Å². The maximum absolute atomic E-state index is 13.4. The fraction of sp³-hybridized carbons (Fsp3) is 0.588. The molecule has 5 nitrogen and oxygen atoms in total. The fourth-order valence-corrected chi connectivity index (χ4v) is 4.86. The first-order valence-electron chi connectivity index (χ1n) is 8.29. The highest BCUT2D eigenvalue weighted by Crippen LogP contribution is 2.22. The third-order valence-electron chi connectivity index (χ3n) is 4.78. The van der Waals surface area contributed by atoms with Crippen molar-refractivity contribution in [3.05, 3.63) is 35.4 Å². The Kier molecular flexibility index (Phi) is 6.16. The second kappa shape index (κ2) is 7.78. The molecule has 0 aliphatic carbocycles. The van der Waals surface area contributed by atoms with E-state index in [-0.39, 0.29) is 36.0 Å². The SMILES string of the molecule is CCN(C(=O)CN(C)C(C)c1ccc(F)c(F)c1)C1CCS(=O)(=O)C1. The minimum absolute atomic E-state index is 0.00895. The van der Waals surface area contributed by atoms with Crippen LogP contribution in [0.5, 0.6) is 0 Å². The minimum atomic E-state index is -3.07. The molecule has 8 heteroatoms. The first kappa shape index (κ1) is 19.8. The summed E-state index contributed by atoms with van der Waals surface area (Å²) in [6, 6.07) is 3.12. The summed E-state index contributed by atoms with van der Waals surface area (Å²) in [6.45, 7) is 4.13. The van der Waals surface area contributed by atoms with Crippen LogP contribution in [-0.2, 0) is 14.6 Å². The van der Waals surface area contributed by atoms with Crippen LogP contribution in [0.15, 0.2) is 18.2 Å². The first-order valence-corrected chi connectivity index (χ1v) is 10.1. The minimum Gasteiger partial charge on any atom is -0.338 e. The number of carbonyl (C=O) groups is 1. The van der Waals surface area contributed by atoms with Crippen molar-refractivity contribution in [2.45, 2.75) is 32.4 Å². The number of halogens is 2. The topological polar surface area (TPSA) is 57.7 Å². The highest BCUT2D eigenvalue weighted by molar-refractivity contribution is 7.91. The van der Waals surface area contributed by atoms with E-state index in [1.165, 1.54) is 6.07 Å². The number of benzene rings is 1. The average Bonchev–Trinajstić information content (AvgIpc) is 2.89. The van der Waals surface area contributed by atoms with Crippen LogP contribution in [0.3, 0.4) is 0 Å². The molecule has 0 bridgehead atoms. The number of nitrogens with zero attached hydrogens (tertiary/aromatic N) is 2. The second-order valence-electron chi connectivity index (χ2n) is 6.50. The van der Waals surface area contributed by atoms with E-state index in [0.29, 0.717) is 18.5 Å². The molecule has 1 aromatic carbocycles. The lowest BCUT2D eigenvalue weighted by molar-refractivity contribution is -0.134. The third-order valence-corrected chi connectivity index (χ3v) is 6.53. The Morgan fingerprint density at radius 3 is 2.52 bits per heavy atom. The van der Waals surface area contributed by atoms with Crippen LogP contribution in [0.1, 0.15) is 31.9 Å². The molecule has 0 spiro atoms. The van der Waals surface area contributed by atoms with E-state index < -0.39 is 21.5 Å². The summed E-state index contributed by atoms with van der Waals surface area (Å²) < 4.78 is 49.8. The lowest BCUT2D eigenvalue weighted by atomic mass is 10.1. The average molecular weight is 374 g/mol. The Bertz CT molecular complexity index is 739. The van der Waals surface area contributed by atoms with Crippen molar-refractivity contribution in [2.75, 3.05) is 31.6 Å². The van der Waals surface area contributed by atoms with Gasteiger partial charge in [-0.3, -0.25) is 9.69 Å². The molecular weight excluding hydrogens is 350 g/mol. The lowest BCUT2D eigenvalue weighted by Crippen LogP contribution is -2.45. The zero-order chi connectivity index (χ0) is 18.8. The van der Waals surface area contributed by atoms with Crippen molar-refractivity contribution in [3.8, 4) is 0 Å². The third kappa shape index (κ3) is 4.76. The molecule has 1 amide bonds. The highest BCUT2D eigenvalue weighted by Gasteiger charge is 2.34. The molecule has 0 radical (unpaired) electrons. The maximum atomic E-state index is 13.4.